The Hall–Kier alpha value is -2.79. The van der Waals surface area contributed by atoms with Crippen LogP contribution in [0.15, 0.2) is 35.5 Å². The van der Waals surface area contributed by atoms with E-state index in [0.29, 0.717) is 19.4 Å². The van der Waals surface area contributed by atoms with E-state index < -0.39 is 27.9 Å². The number of carbonyl (C=O) groups is 1. The number of benzene rings is 1. The van der Waals surface area contributed by atoms with Gasteiger partial charge in [-0.3, -0.25) is 4.79 Å². The van der Waals surface area contributed by atoms with Crippen LogP contribution >= 0.6 is 0 Å². The summed E-state index contributed by atoms with van der Waals surface area (Å²) in [6.07, 6.45) is 2.62. The number of carbonyl (C=O) groups excluding carboxylic acids is 1. The van der Waals surface area contributed by atoms with Crippen LogP contribution in [0.1, 0.15) is 23.2 Å². The van der Waals surface area contributed by atoms with Gasteiger partial charge in [0.1, 0.15) is 11.9 Å². The van der Waals surface area contributed by atoms with E-state index in [2.05, 4.69) is 9.97 Å². The Morgan fingerprint density at radius 2 is 2.04 bits per heavy atom. The Kier molecular flexibility index (Phi) is 5.75. The Morgan fingerprint density at radius 3 is 2.68 bits per heavy atom. The number of hydrogen-bond acceptors (Lipinski definition) is 7. The third kappa shape index (κ3) is 4.20. The van der Waals surface area contributed by atoms with E-state index in [1.54, 1.807) is 0 Å². The molecule has 1 aliphatic rings. The maximum Gasteiger partial charge on any atom is 0.316 e. The van der Waals surface area contributed by atoms with Crippen molar-refractivity contribution in [1.82, 2.24) is 14.3 Å². The minimum Gasteiger partial charge on any atom is -0.496 e. The molecule has 1 aliphatic heterocycles. The number of amides is 1. The van der Waals surface area contributed by atoms with E-state index in [9.17, 15) is 17.6 Å². The number of rotatable bonds is 6. The lowest BCUT2D eigenvalue weighted by molar-refractivity contribution is 0.0997. The first kappa shape index (κ1) is 20.0. The number of sulfonamides is 1. The molecule has 3 rings (SSSR count). The van der Waals surface area contributed by atoms with Gasteiger partial charge in [0.25, 0.3) is 5.91 Å². The zero-order chi connectivity index (χ0) is 20.3. The summed E-state index contributed by atoms with van der Waals surface area (Å²) in [5.41, 5.74) is 5.29. The van der Waals surface area contributed by atoms with Crippen LogP contribution in [0.25, 0.3) is 0 Å². The molecular weight excluding hydrogens is 391 g/mol. The molecule has 1 fully saturated rings. The molecule has 2 aromatic rings. The highest BCUT2D eigenvalue weighted by atomic mass is 32.2. The molecule has 28 heavy (non-hydrogen) atoms. The first-order chi connectivity index (χ1) is 13.3. The molecule has 1 saturated heterocycles. The molecule has 2 N–H and O–H groups in total. The van der Waals surface area contributed by atoms with Gasteiger partial charge >= 0.3 is 6.01 Å². The van der Waals surface area contributed by atoms with Crippen LogP contribution < -0.4 is 15.2 Å². The van der Waals surface area contributed by atoms with Crippen LogP contribution in [-0.4, -0.2) is 54.9 Å². The molecule has 0 saturated carbocycles. The van der Waals surface area contributed by atoms with E-state index >= 15 is 0 Å². The number of ether oxygens (including phenoxy) is 2. The van der Waals surface area contributed by atoms with Crippen molar-refractivity contribution in [2.45, 2.75) is 23.8 Å². The summed E-state index contributed by atoms with van der Waals surface area (Å²) < 4.78 is 50.8. The van der Waals surface area contributed by atoms with Crippen molar-refractivity contribution in [3.63, 3.8) is 0 Å². The standard InChI is InChI=1S/C17H19FN4O5S/c1-26-15-5-4-13(7-14(15)16(19)23)28(24,25)22-6-2-3-12(10-22)27-17-20-8-11(18)9-21-17/h4-5,7-9,12H,2-3,6,10H2,1H3,(H2,19,23). The van der Waals surface area contributed by atoms with Crippen molar-refractivity contribution in [1.29, 1.82) is 0 Å². The number of nitrogens with zero attached hydrogens (tertiary/aromatic N) is 3. The molecule has 11 heteroatoms. The molecule has 0 aliphatic carbocycles. The highest BCUT2D eigenvalue weighted by Gasteiger charge is 2.32. The van der Waals surface area contributed by atoms with E-state index in [-0.39, 0.29) is 28.8 Å². The highest BCUT2D eigenvalue weighted by Crippen LogP contribution is 2.27. The second-order valence-corrected chi connectivity index (χ2v) is 8.09. The summed E-state index contributed by atoms with van der Waals surface area (Å²) in [5.74, 6) is -1.19. The van der Waals surface area contributed by atoms with E-state index in [1.165, 1.54) is 29.6 Å². The second-order valence-electron chi connectivity index (χ2n) is 6.16. The van der Waals surface area contributed by atoms with Crippen molar-refractivity contribution in [3.8, 4) is 11.8 Å². The lowest BCUT2D eigenvalue weighted by Crippen LogP contribution is -2.44. The topological polar surface area (TPSA) is 125 Å². The number of halogens is 1. The number of primary amides is 1. The van der Waals surface area contributed by atoms with E-state index in [0.717, 1.165) is 12.4 Å². The normalized spacial score (nSPS) is 17.9. The summed E-state index contributed by atoms with van der Waals surface area (Å²) in [4.78, 5) is 19.0. The van der Waals surface area contributed by atoms with Gasteiger partial charge in [-0.1, -0.05) is 0 Å². The van der Waals surface area contributed by atoms with Crippen LogP contribution in [0.3, 0.4) is 0 Å². The quantitative estimate of drug-likeness (QED) is 0.752. The first-order valence-corrected chi connectivity index (χ1v) is 9.87. The maximum atomic E-state index is 13.0. The van der Waals surface area contributed by atoms with Crippen molar-refractivity contribution < 1.29 is 27.1 Å². The number of methoxy groups -OCH3 is 1. The number of piperidine rings is 1. The summed E-state index contributed by atoms with van der Waals surface area (Å²) >= 11 is 0. The van der Waals surface area contributed by atoms with Gasteiger partial charge in [0.2, 0.25) is 10.0 Å². The Labute approximate surface area is 161 Å². The minimum absolute atomic E-state index is 0.0203. The van der Waals surface area contributed by atoms with Gasteiger partial charge in [-0.2, -0.15) is 4.31 Å². The monoisotopic (exact) mass is 410 g/mol. The fourth-order valence-corrected chi connectivity index (χ4v) is 4.46. The Balaban J connectivity index is 1.80. The minimum atomic E-state index is -3.89. The zero-order valence-corrected chi connectivity index (χ0v) is 15.9. The summed E-state index contributed by atoms with van der Waals surface area (Å²) in [7, 11) is -2.52. The van der Waals surface area contributed by atoms with Gasteiger partial charge in [0.15, 0.2) is 5.82 Å². The van der Waals surface area contributed by atoms with Crippen molar-refractivity contribution >= 4 is 15.9 Å². The Bertz CT molecular complexity index is 968. The molecule has 1 aromatic heterocycles. The van der Waals surface area contributed by atoms with Crippen LogP contribution in [0.2, 0.25) is 0 Å². The molecule has 0 radical (unpaired) electrons. The predicted octanol–water partition coefficient (Wildman–Crippen LogP) is 0.955. The van der Waals surface area contributed by atoms with E-state index in [4.69, 9.17) is 15.2 Å². The molecule has 1 atom stereocenters. The van der Waals surface area contributed by atoms with Crippen molar-refractivity contribution in [2.75, 3.05) is 20.2 Å². The van der Waals surface area contributed by atoms with Gasteiger partial charge in [-0.25, -0.2) is 22.8 Å². The largest absolute Gasteiger partial charge is 0.496 e. The zero-order valence-electron chi connectivity index (χ0n) is 15.0. The van der Waals surface area contributed by atoms with Gasteiger partial charge in [0, 0.05) is 6.54 Å². The second kappa shape index (κ2) is 8.07. The average molecular weight is 410 g/mol. The van der Waals surface area contributed by atoms with Gasteiger partial charge < -0.3 is 15.2 Å². The van der Waals surface area contributed by atoms with Crippen LogP contribution in [0.5, 0.6) is 11.8 Å². The van der Waals surface area contributed by atoms with Gasteiger partial charge in [0.05, 0.1) is 36.5 Å². The summed E-state index contributed by atoms with van der Waals surface area (Å²) in [5, 5.41) is 0. The first-order valence-electron chi connectivity index (χ1n) is 8.43. The molecule has 150 valence electrons. The molecule has 9 nitrogen and oxygen atoms in total. The smallest absolute Gasteiger partial charge is 0.316 e. The summed E-state index contributed by atoms with van der Waals surface area (Å²) in [6, 6.07) is 3.92. The molecule has 0 bridgehead atoms. The third-order valence-corrected chi connectivity index (χ3v) is 6.14. The fraction of sp³-hybridized carbons (Fsp3) is 0.353. The van der Waals surface area contributed by atoms with Gasteiger partial charge in [-0.15, -0.1) is 0 Å². The molecule has 1 unspecified atom stereocenters. The van der Waals surface area contributed by atoms with Crippen molar-refractivity contribution in [3.05, 3.63) is 42.0 Å². The molecule has 0 spiro atoms. The van der Waals surface area contributed by atoms with E-state index in [1.807, 2.05) is 0 Å². The number of nitrogens with two attached hydrogens (primary N) is 1. The average Bonchev–Trinajstić information content (AvgIpc) is 2.69. The van der Waals surface area contributed by atoms with Crippen LogP contribution in [0, 0.1) is 5.82 Å². The lowest BCUT2D eigenvalue weighted by Gasteiger charge is -2.31. The highest BCUT2D eigenvalue weighted by molar-refractivity contribution is 7.89. The fourth-order valence-electron chi connectivity index (χ4n) is 2.92. The van der Waals surface area contributed by atoms with Crippen LogP contribution in [0.4, 0.5) is 4.39 Å². The Morgan fingerprint density at radius 1 is 1.32 bits per heavy atom. The molecule has 1 amide bonds. The summed E-state index contributed by atoms with van der Waals surface area (Å²) in [6.45, 7) is 0.366. The third-order valence-electron chi connectivity index (χ3n) is 4.28. The SMILES string of the molecule is COc1ccc(S(=O)(=O)N2CCCC(Oc3ncc(F)cn3)C2)cc1C(N)=O. The molecule has 1 aromatic carbocycles. The number of hydrogen-bond donors (Lipinski definition) is 1. The maximum absolute atomic E-state index is 13.0. The van der Waals surface area contributed by atoms with Gasteiger partial charge in [-0.05, 0) is 31.0 Å². The molecular formula is C17H19FN4O5S. The molecule has 2 heterocycles. The van der Waals surface area contributed by atoms with Crippen LogP contribution in [-0.2, 0) is 10.0 Å². The lowest BCUT2D eigenvalue weighted by atomic mass is 10.1. The predicted molar refractivity (Wildman–Crippen MR) is 95.9 cm³/mol. The van der Waals surface area contributed by atoms with Crippen molar-refractivity contribution in [2.24, 2.45) is 5.73 Å². The number of aromatic nitrogens is 2.